The van der Waals surface area contributed by atoms with Gasteiger partial charge in [-0.15, -0.1) is 0 Å². The molecular weight excluding hydrogens is 254 g/mol. The van der Waals surface area contributed by atoms with E-state index in [9.17, 15) is 5.11 Å². The first-order chi connectivity index (χ1) is 9.79. The Hall–Kier alpha value is -2.01. The minimum absolute atomic E-state index is 0.235. The molecule has 106 valence electrons. The average molecular weight is 273 g/mol. The lowest BCUT2D eigenvalue weighted by Gasteiger charge is -2.22. The van der Waals surface area contributed by atoms with Gasteiger partial charge in [0.25, 0.3) is 0 Å². The number of hydrogen-bond acceptors (Lipinski definition) is 4. The first-order valence-electron chi connectivity index (χ1n) is 7.00. The molecule has 0 unspecified atom stereocenters. The van der Waals surface area contributed by atoms with Gasteiger partial charge in [-0.2, -0.15) is 5.10 Å². The lowest BCUT2D eigenvalue weighted by molar-refractivity contribution is 0.321. The molecule has 0 amide bonds. The zero-order chi connectivity index (χ0) is 13.8. The fourth-order valence-electron chi connectivity index (χ4n) is 2.48. The van der Waals surface area contributed by atoms with Gasteiger partial charge >= 0.3 is 0 Å². The number of rotatable bonds is 4. The van der Waals surface area contributed by atoms with Crippen molar-refractivity contribution in [3.8, 4) is 17.2 Å². The molecule has 1 saturated heterocycles. The van der Waals surface area contributed by atoms with Gasteiger partial charge in [-0.1, -0.05) is 0 Å². The number of aromatic hydroxyl groups is 1. The van der Waals surface area contributed by atoms with Crippen LogP contribution in [0.25, 0.3) is 0 Å². The molecule has 1 aromatic heterocycles. The van der Waals surface area contributed by atoms with Crippen molar-refractivity contribution in [3.05, 3.63) is 36.7 Å². The van der Waals surface area contributed by atoms with Crippen LogP contribution < -0.4 is 10.1 Å². The SMILES string of the molecule is Oc1ccc(Oc2cnn(CC3CCNCC3)c2)cc1. The maximum absolute atomic E-state index is 9.23. The van der Waals surface area contributed by atoms with Crippen LogP contribution in [0.2, 0.25) is 0 Å². The number of nitrogens with one attached hydrogen (secondary N) is 1. The van der Waals surface area contributed by atoms with E-state index in [0.29, 0.717) is 11.7 Å². The number of nitrogens with zero attached hydrogens (tertiary/aromatic N) is 2. The van der Waals surface area contributed by atoms with E-state index in [1.165, 1.54) is 12.8 Å². The number of phenols is 1. The minimum atomic E-state index is 0.235. The predicted molar refractivity (Wildman–Crippen MR) is 76.0 cm³/mol. The Morgan fingerprint density at radius 2 is 1.95 bits per heavy atom. The van der Waals surface area contributed by atoms with Gasteiger partial charge in [-0.3, -0.25) is 4.68 Å². The Morgan fingerprint density at radius 1 is 1.20 bits per heavy atom. The van der Waals surface area contributed by atoms with Crippen molar-refractivity contribution >= 4 is 0 Å². The summed E-state index contributed by atoms with van der Waals surface area (Å²) in [5, 5.41) is 16.9. The van der Waals surface area contributed by atoms with Crippen molar-refractivity contribution in [2.24, 2.45) is 5.92 Å². The Bertz CT molecular complexity index is 545. The van der Waals surface area contributed by atoms with E-state index in [-0.39, 0.29) is 5.75 Å². The van der Waals surface area contributed by atoms with E-state index in [2.05, 4.69) is 10.4 Å². The largest absolute Gasteiger partial charge is 0.508 e. The molecule has 2 heterocycles. The lowest BCUT2D eigenvalue weighted by atomic mass is 9.98. The fourth-order valence-corrected chi connectivity index (χ4v) is 2.48. The van der Waals surface area contributed by atoms with E-state index in [0.717, 1.165) is 25.4 Å². The van der Waals surface area contributed by atoms with Crippen molar-refractivity contribution in [2.45, 2.75) is 19.4 Å². The molecule has 0 aliphatic carbocycles. The van der Waals surface area contributed by atoms with Crippen molar-refractivity contribution < 1.29 is 9.84 Å². The van der Waals surface area contributed by atoms with Gasteiger partial charge < -0.3 is 15.2 Å². The molecule has 1 aromatic carbocycles. The standard InChI is InChI=1S/C15H19N3O2/c19-13-1-3-14(4-2-13)20-15-9-17-18(11-15)10-12-5-7-16-8-6-12/h1-4,9,11-12,16,19H,5-8,10H2. The van der Waals surface area contributed by atoms with Crippen LogP contribution in [0.15, 0.2) is 36.7 Å². The van der Waals surface area contributed by atoms with Crippen LogP contribution in [0.4, 0.5) is 0 Å². The van der Waals surface area contributed by atoms with Gasteiger partial charge in [0, 0.05) is 6.54 Å². The summed E-state index contributed by atoms with van der Waals surface area (Å²) in [6.45, 7) is 3.15. The maximum Gasteiger partial charge on any atom is 0.165 e. The smallest absolute Gasteiger partial charge is 0.165 e. The van der Waals surface area contributed by atoms with E-state index >= 15 is 0 Å². The van der Waals surface area contributed by atoms with E-state index in [1.807, 2.05) is 10.9 Å². The summed E-state index contributed by atoms with van der Waals surface area (Å²) in [4.78, 5) is 0. The topological polar surface area (TPSA) is 59.3 Å². The number of piperidine rings is 1. The molecule has 0 saturated carbocycles. The zero-order valence-corrected chi connectivity index (χ0v) is 11.3. The Balaban J connectivity index is 1.60. The summed E-state index contributed by atoms with van der Waals surface area (Å²) < 4.78 is 7.65. The summed E-state index contributed by atoms with van der Waals surface area (Å²) >= 11 is 0. The summed E-state index contributed by atoms with van der Waals surface area (Å²) in [6, 6.07) is 6.68. The van der Waals surface area contributed by atoms with Gasteiger partial charge in [-0.25, -0.2) is 0 Å². The third kappa shape index (κ3) is 3.30. The maximum atomic E-state index is 9.23. The Morgan fingerprint density at radius 3 is 2.70 bits per heavy atom. The fraction of sp³-hybridized carbons (Fsp3) is 0.400. The summed E-state index contributed by atoms with van der Waals surface area (Å²) in [5.41, 5.74) is 0. The molecule has 2 N–H and O–H groups in total. The van der Waals surface area contributed by atoms with Crippen LogP contribution in [-0.2, 0) is 6.54 Å². The van der Waals surface area contributed by atoms with Gasteiger partial charge in [0.1, 0.15) is 11.5 Å². The molecule has 1 aliphatic heterocycles. The van der Waals surface area contributed by atoms with E-state index < -0.39 is 0 Å². The normalized spacial score (nSPS) is 16.2. The second kappa shape index (κ2) is 5.96. The van der Waals surface area contributed by atoms with Crippen molar-refractivity contribution in [2.75, 3.05) is 13.1 Å². The average Bonchev–Trinajstić information content (AvgIpc) is 2.90. The molecule has 2 aromatic rings. The van der Waals surface area contributed by atoms with E-state index in [1.54, 1.807) is 30.5 Å². The third-order valence-electron chi connectivity index (χ3n) is 3.59. The highest BCUT2D eigenvalue weighted by molar-refractivity contribution is 5.33. The number of ether oxygens (including phenoxy) is 1. The monoisotopic (exact) mass is 273 g/mol. The summed E-state index contributed by atoms with van der Waals surface area (Å²) in [6.07, 6.45) is 6.06. The second-order valence-corrected chi connectivity index (χ2v) is 5.19. The van der Waals surface area contributed by atoms with Crippen LogP contribution in [0.5, 0.6) is 17.2 Å². The highest BCUT2D eigenvalue weighted by Gasteiger charge is 2.14. The van der Waals surface area contributed by atoms with Gasteiger partial charge in [0.15, 0.2) is 5.75 Å². The van der Waals surface area contributed by atoms with Crippen LogP contribution in [0.1, 0.15) is 12.8 Å². The quantitative estimate of drug-likeness (QED) is 0.898. The highest BCUT2D eigenvalue weighted by atomic mass is 16.5. The van der Waals surface area contributed by atoms with Crippen molar-refractivity contribution in [3.63, 3.8) is 0 Å². The molecule has 0 atom stereocenters. The van der Waals surface area contributed by atoms with Gasteiger partial charge in [0.05, 0.1) is 12.4 Å². The minimum Gasteiger partial charge on any atom is -0.508 e. The lowest BCUT2D eigenvalue weighted by Crippen LogP contribution is -2.29. The van der Waals surface area contributed by atoms with Gasteiger partial charge in [0.2, 0.25) is 0 Å². The molecule has 1 aliphatic rings. The first kappa shape index (κ1) is 13.0. The Kier molecular flexibility index (Phi) is 3.87. The number of aromatic nitrogens is 2. The van der Waals surface area contributed by atoms with Crippen LogP contribution in [-0.4, -0.2) is 28.0 Å². The Labute approximate surface area is 118 Å². The summed E-state index contributed by atoms with van der Waals surface area (Å²) in [7, 11) is 0. The molecule has 0 spiro atoms. The summed E-state index contributed by atoms with van der Waals surface area (Å²) in [5.74, 6) is 2.35. The third-order valence-corrected chi connectivity index (χ3v) is 3.59. The molecule has 0 bridgehead atoms. The van der Waals surface area contributed by atoms with Crippen molar-refractivity contribution in [1.82, 2.24) is 15.1 Å². The molecule has 1 fully saturated rings. The van der Waals surface area contributed by atoms with Crippen molar-refractivity contribution in [1.29, 1.82) is 0 Å². The molecule has 20 heavy (non-hydrogen) atoms. The zero-order valence-electron chi connectivity index (χ0n) is 11.3. The second-order valence-electron chi connectivity index (χ2n) is 5.19. The molecular formula is C15H19N3O2. The molecule has 5 nitrogen and oxygen atoms in total. The molecule has 5 heteroatoms. The molecule has 0 radical (unpaired) electrons. The number of hydrogen-bond donors (Lipinski definition) is 2. The predicted octanol–water partition coefficient (Wildman–Crippen LogP) is 2.38. The van der Waals surface area contributed by atoms with Crippen LogP contribution in [0.3, 0.4) is 0 Å². The number of benzene rings is 1. The number of phenolic OH excluding ortho intramolecular Hbond substituents is 1. The van der Waals surface area contributed by atoms with E-state index in [4.69, 9.17) is 4.74 Å². The highest BCUT2D eigenvalue weighted by Crippen LogP contribution is 2.23. The first-order valence-corrected chi connectivity index (χ1v) is 7.00. The van der Waals surface area contributed by atoms with Crippen LogP contribution in [0, 0.1) is 5.92 Å². The van der Waals surface area contributed by atoms with Crippen LogP contribution >= 0.6 is 0 Å². The van der Waals surface area contributed by atoms with Gasteiger partial charge in [-0.05, 0) is 56.1 Å². The molecule has 3 rings (SSSR count).